The third-order valence-corrected chi connectivity index (χ3v) is 4.71. The highest BCUT2D eigenvalue weighted by atomic mass is 35.5. The molecule has 0 aliphatic carbocycles. The number of cyclic esters (lactones) is 1. The first-order valence-corrected chi connectivity index (χ1v) is 9.01. The fraction of sp³-hybridized carbons (Fsp3) is 0.190. The predicted octanol–water partition coefficient (Wildman–Crippen LogP) is 5.77. The van der Waals surface area contributed by atoms with Gasteiger partial charge in [-0.05, 0) is 50.3 Å². The fourth-order valence-electron chi connectivity index (χ4n) is 2.84. The van der Waals surface area contributed by atoms with E-state index < -0.39 is 16.3 Å². The van der Waals surface area contributed by atoms with Crippen LogP contribution in [-0.2, 0) is 9.53 Å². The van der Waals surface area contributed by atoms with Gasteiger partial charge in [-0.2, -0.15) is 0 Å². The molecule has 5 heteroatoms. The van der Waals surface area contributed by atoms with E-state index in [2.05, 4.69) is 0 Å². The van der Waals surface area contributed by atoms with E-state index in [1.807, 2.05) is 79.4 Å². The molecule has 3 nitrogen and oxygen atoms in total. The first-order valence-electron chi connectivity index (χ1n) is 8.26. The summed E-state index contributed by atoms with van der Waals surface area (Å²) in [5.41, 5.74) is 2.75. The lowest BCUT2D eigenvalue weighted by atomic mass is 10.0. The number of nitrogens with zero attached hydrogens (tertiary/aromatic N) is 1. The Hall–Kier alpha value is -2.23. The lowest BCUT2D eigenvalue weighted by Gasteiger charge is -2.39. The van der Waals surface area contributed by atoms with Crippen molar-refractivity contribution in [1.82, 2.24) is 0 Å². The molecule has 1 aliphatic rings. The summed E-state index contributed by atoms with van der Waals surface area (Å²) in [5.74, 6) is -0.244. The summed E-state index contributed by atoms with van der Waals surface area (Å²) in [6.07, 6.45) is 3.58. The lowest BCUT2D eigenvalue weighted by Crippen LogP contribution is -2.51. The second kappa shape index (κ2) is 7.56. The first-order chi connectivity index (χ1) is 12.4. The van der Waals surface area contributed by atoms with Gasteiger partial charge in [0.25, 0.3) is 0 Å². The average Bonchev–Trinajstić information content (AvgIpc) is 2.61. The minimum Gasteiger partial charge on any atom is -0.425 e. The van der Waals surface area contributed by atoms with Crippen molar-refractivity contribution in [1.29, 1.82) is 0 Å². The van der Waals surface area contributed by atoms with Crippen LogP contribution < -0.4 is 4.90 Å². The summed E-state index contributed by atoms with van der Waals surface area (Å²) in [6, 6.07) is 18.7. The van der Waals surface area contributed by atoms with Crippen molar-refractivity contribution in [3.05, 3.63) is 84.1 Å². The molecule has 1 unspecified atom stereocenters. The number of allylic oxidation sites excluding steroid dienone is 2. The third kappa shape index (κ3) is 3.79. The Labute approximate surface area is 163 Å². The molecule has 0 bridgehead atoms. The summed E-state index contributed by atoms with van der Waals surface area (Å²) >= 11 is 12.9. The number of esters is 1. The zero-order valence-electron chi connectivity index (χ0n) is 14.5. The quantitative estimate of drug-likeness (QED) is 0.492. The number of alkyl halides is 2. The van der Waals surface area contributed by atoms with Crippen LogP contribution in [0, 0.1) is 0 Å². The Bertz CT molecular complexity index is 801. The van der Waals surface area contributed by atoms with Crippen molar-refractivity contribution in [3.8, 4) is 0 Å². The molecule has 3 rings (SSSR count). The molecular weight excluding hydrogens is 369 g/mol. The van der Waals surface area contributed by atoms with Gasteiger partial charge in [-0.15, -0.1) is 0 Å². The van der Waals surface area contributed by atoms with Crippen LogP contribution in [0.2, 0.25) is 0 Å². The monoisotopic (exact) mass is 387 g/mol. The predicted molar refractivity (Wildman–Crippen MR) is 107 cm³/mol. The van der Waals surface area contributed by atoms with E-state index >= 15 is 0 Å². The van der Waals surface area contributed by atoms with E-state index in [9.17, 15) is 4.79 Å². The molecule has 2 aromatic rings. The number of anilines is 2. The van der Waals surface area contributed by atoms with Crippen LogP contribution in [0.3, 0.4) is 0 Å². The van der Waals surface area contributed by atoms with E-state index in [1.165, 1.54) is 0 Å². The van der Waals surface area contributed by atoms with Crippen molar-refractivity contribution >= 4 is 40.5 Å². The van der Waals surface area contributed by atoms with Gasteiger partial charge in [-0.25, -0.2) is 4.79 Å². The van der Waals surface area contributed by atoms with Gasteiger partial charge in [0.15, 0.2) is 0 Å². The normalized spacial score (nSPS) is 18.5. The Balaban J connectivity index is 2.17. The van der Waals surface area contributed by atoms with Crippen LogP contribution >= 0.6 is 23.2 Å². The number of carbonyl (C=O) groups excluding carboxylic acids is 1. The smallest absolute Gasteiger partial charge is 0.350 e. The number of carbonyl (C=O) groups is 1. The Morgan fingerprint density at radius 1 is 1.00 bits per heavy atom. The minimum absolute atomic E-state index is 0.439. The van der Waals surface area contributed by atoms with Gasteiger partial charge in [0, 0.05) is 11.4 Å². The summed E-state index contributed by atoms with van der Waals surface area (Å²) in [4.78, 5) is 14.4. The molecule has 1 aliphatic heterocycles. The zero-order valence-corrected chi connectivity index (χ0v) is 16.0. The SMILES string of the molecule is CC(C)=CC1=CC(N(c2ccccc2)c2ccccc2)C(Cl)(Cl)C(=O)O1. The van der Waals surface area contributed by atoms with Crippen molar-refractivity contribution in [2.75, 3.05) is 4.90 Å². The van der Waals surface area contributed by atoms with Crippen LogP contribution in [0.15, 0.2) is 84.1 Å². The second-order valence-electron chi connectivity index (χ2n) is 6.29. The maximum atomic E-state index is 12.5. The van der Waals surface area contributed by atoms with Gasteiger partial charge in [0.2, 0.25) is 4.33 Å². The van der Waals surface area contributed by atoms with Crippen molar-refractivity contribution in [2.24, 2.45) is 0 Å². The zero-order chi connectivity index (χ0) is 18.7. The van der Waals surface area contributed by atoms with Crippen LogP contribution in [0.1, 0.15) is 13.8 Å². The summed E-state index contributed by atoms with van der Waals surface area (Å²) in [7, 11) is 0. The van der Waals surface area contributed by atoms with Crippen molar-refractivity contribution < 1.29 is 9.53 Å². The van der Waals surface area contributed by atoms with E-state index in [4.69, 9.17) is 27.9 Å². The van der Waals surface area contributed by atoms with Crippen LogP contribution in [0.25, 0.3) is 0 Å². The highest BCUT2D eigenvalue weighted by Crippen LogP contribution is 2.41. The topological polar surface area (TPSA) is 29.5 Å². The fourth-order valence-corrected chi connectivity index (χ4v) is 3.23. The number of hydrogen-bond donors (Lipinski definition) is 0. The van der Waals surface area contributed by atoms with E-state index in [-0.39, 0.29) is 0 Å². The molecule has 0 saturated heterocycles. The first kappa shape index (κ1) is 18.6. The number of benzene rings is 2. The number of para-hydroxylation sites is 2. The summed E-state index contributed by atoms with van der Waals surface area (Å²) in [5, 5.41) is 0. The summed E-state index contributed by atoms with van der Waals surface area (Å²) < 4.78 is 3.57. The standard InChI is InChI=1S/C21H19Cl2NO2/c1-15(2)13-18-14-19(21(22,23)20(25)26-18)24(16-9-5-3-6-10-16)17-11-7-4-8-12-17/h3-14,19H,1-2H3. The van der Waals surface area contributed by atoms with E-state index in [0.717, 1.165) is 16.9 Å². The molecule has 134 valence electrons. The van der Waals surface area contributed by atoms with Gasteiger partial charge in [0.1, 0.15) is 11.8 Å². The van der Waals surface area contributed by atoms with Gasteiger partial charge in [-0.1, -0.05) is 65.2 Å². The lowest BCUT2D eigenvalue weighted by molar-refractivity contribution is -0.141. The van der Waals surface area contributed by atoms with E-state index in [0.29, 0.717) is 5.76 Å². The number of halogens is 2. The molecule has 0 aromatic heterocycles. The highest BCUT2D eigenvalue weighted by molar-refractivity contribution is 6.58. The van der Waals surface area contributed by atoms with Gasteiger partial charge in [0.05, 0.1) is 0 Å². The van der Waals surface area contributed by atoms with E-state index in [1.54, 1.807) is 12.2 Å². The van der Waals surface area contributed by atoms with Crippen molar-refractivity contribution in [3.63, 3.8) is 0 Å². The maximum absolute atomic E-state index is 12.5. The Morgan fingerprint density at radius 2 is 1.50 bits per heavy atom. The molecule has 1 heterocycles. The number of rotatable bonds is 4. The molecule has 2 aromatic carbocycles. The second-order valence-corrected chi connectivity index (χ2v) is 7.67. The molecule has 0 N–H and O–H groups in total. The van der Waals surface area contributed by atoms with Gasteiger partial charge in [-0.3, -0.25) is 0 Å². The van der Waals surface area contributed by atoms with Crippen LogP contribution in [0.5, 0.6) is 0 Å². The van der Waals surface area contributed by atoms with Gasteiger partial charge >= 0.3 is 5.97 Å². The molecule has 0 fully saturated rings. The molecule has 0 saturated carbocycles. The molecule has 0 radical (unpaired) electrons. The molecule has 1 atom stereocenters. The van der Waals surface area contributed by atoms with Crippen molar-refractivity contribution in [2.45, 2.75) is 24.2 Å². The molecule has 0 spiro atoms. The largest absolute Gasteiger partial charge is 0.425 e. The average molecular weight is 388 g/mol. The molecule has 0 amide bonds. The van der Waals surface area contributed by atoms with Gasteiger partial charge < -0.3 is 9.64 Å². The molecular formula is C21H19Cl2NO2. The third-order valence-electron chi connectivity index (χ3n) is 3.95. The maximum Gasteiger partial charge on any atom is 0.350 e. The van der Waals surface area contributed by atoms with Crippen LogP contribution in [0.4, 0.5) is 11.4 Å². The number of ether oxygens (including phenoxy) is 1. The minimum atomic E-state index is -1.75. The number of hydrogen-bond acceptors (Lipinski definition) is 3. The Kier molecular flexibility index (Phi) is 5.40. The molecule has 26 heavy (non-hydrogen) atoms. The summed E-state index contributed by atoms with van der Waals surface area (Å²) in [6.45, 7) is 3.86. The Morgan fingerprint density at radius 3 is 1.96 bits per heavy atom. The highest BCUT2D eigenvalue weighted by Gasteiger charge is 2.50. The van der Waals surface area contributed by atoms with Crippen LogP contribution in [-0.4, -0.2) is 16.3 Å².